The Balaban J connectivity index is 1.68. The molecule has 1 aliphatic heterocycles. The summed E-state index contributed by atoms with van der Waals surface area (Å²) in [4.78, 5) is 31.5. The van der Waals surface area contributed by atoms with Crippen LogP contribution in [-0.2, 0) is 6.18 Å². The second kappa shape index (κ2) is 7.98. The minimum Gasteiger partial charge on any atom is -0.335 e. The predicted molar refractivity (Wildman–Crippen MR) is 97.2 cm³/mol. The minimum absolute atomic E-state index is 0.0238. The largest absolute Gasteiger partial charge is 0.433 e. The van der Waals surface area contributed by atoms with Gasteiger partial charge in [0.1, 0.15) is 11.5 Å². The highest BCUT2D eigenvalue weighted by Crippen LogP contribution is 2.28. The molecule has 2 aromatic rings. The Morgan fingerprint density at radius 3 is 2.03 bits per heavy atom. The van der Waals surface area contributed by atoms with Gasteiger partial charge in [0.15, 0.2) is 0 Å². The molecule has 2 amide bonds. The zero-order chi connectivity index (χ0) is 21.3. The lowest BCUT2D eigenvalue weighted by molar-refractivity contribution is -0.141. The summed E-state index contributed by atoms with van der Waals surface area (Å²) in [6.07, 6.45) is -4.59. The number of hydrogen-bond acceptors (Lipinski definition) is 3. The van der Waals surface area contributed by atoms with Crippen molar-refractivity contribution < 1.29 is 27.2 Å². The van der Waals surface area contributed by atoms with Crippen LogP contribution in [0.25, 0.3) is 0 Å². The second-order valence-electron chi connectivity index (χ2n) is 6.54. The molecule has 1 aromatic heterocycles. The SMILES string of the molecule is Cc1nc(C(F)(F)F)ccc1C(=O)N1CCN(C(=O)c2cc(Cl)ccc2F)CC1. The first-order chi connectivity index (χ1) is 13.6. The van der Waals surface area contributed by atoms with Gasteiger partial charge in [0.05, 0.1) is 16.8 Å². The lowest BCUT2D eigenvalue weighted by Crippen LogP contribution is -2.50. The highest BCUT2D eigenvalue weighted by molar-refractivity contribution is 6.31. The molecule has 0 aliphatic carbocycles. The van der Waals surface area contributed by atoms with Gasteiger partial charge in [0, 0.05) is 31.2 Å². The van der Waals surface area contributed by atoms with E-state index in [0.717, 1.165) is 18.2 Å². The molecule has 1 fully saturated rings. The summed E-state index contributed by atoms with van der Waals surface area (Å²) in [6.45, 7) is 1.97. The van der Waals surface area contributed by atoms with Gasteiger partial charge in [-0.05, 0) is 37.3 Å². The van der Waals surface area contributed by atoms with Crippen LogP contribution in [0.2, 0.25) is 5.02 Å². The van der Waals surface area contributed by atoms with Crippen LogP contribution in [-0.4, -0.2) is 52.8 Å². The molecular weight excluding hydrogens is 414 g/mol. The van der Waals surface area contributed by atoms with Crippen LogP contribution < -0.4 is 0 Å². The standard InChI is InChI=1S/C19H16ClF4N3O2/c1-11-13(3-5-16(25-11)19(22,23)24)17(28)26-6-8-27(9-7-26)18(29)14-10-12(20)2-4-15(14)21/h2-5,10H,6-9H2,1H3. The molecule has 29 heavy (non-hydrogen) atoms. The summed E-state index contributed by atoms with van der Waals surface area (Å²) in [6, 6.07) is 5.56. The summed E-state index contributed by atoms with van der Waals surface area (Å²) in [5, 5.41) is 0.230. The maximum Gasteiger partial charge on any atom is 0.433 e. The lowest BCUT2D eigenvalue weighted by Gasteiger charge is -2.35. The molecule has 1 saturated heterocycles. The van der Waals surface area contributed by atoms with Crippen molar-refractivity contribution in [1.82, 2.24) is 14.8 Å². The van der Waals surface area contributed by atoms with Crippen molar-refractivity contribution in [2.75, 3.05) is 26.2 Å². The molecule has 10 heteroatoms. The smallest absolute Gasteiger partial charge is 0.335 e. The Kier molecular flexibility index (Phi) is 5.79. The van der Waals surface area contributed by atoms with Crippen molar-refractivity contribution in [1.29, 1.82) is 0 Å². The number of amides is 2. The first-order valence-electron chi connectivity index (χ1n) is 8.66. The van der Waals surface area contributed by atoms with Crippen molar-refractivity contribution in [2.24, 2.45) is 0 Å². The third kappa shape index (κ3) is 4.50. The molecule has 0 atom stereocenters. The fraction of sp³-hybridized carbons (Fsp3) is 0.316. The number of pyridine rings is 1. The highest BCUT2D eigenvalue weighted by atomic mass is 35.5. The molecule has 0 unspecified atom stereocenters. The molecule has 1 aliphatic rings. The normalized spacial score (nSPS) is 14.8. The number of piperazine rings is 1. The minimum atomic E-state index is -4.59. The first-order valence-corrected chi connectivity index (χ1v) is 9.04. The topological polar surface area (TPSA) is 53.5 Å². The van der Waals surface area contributed by atoms with Gasteiger partial charge in [-0.2, -0.15) is 13.2 Å². The van der Waals surface area contributed by atoms with Crippen LogP contribution in [0.5, 0.6) is 0 Å². The molecule has 5 nitrogen and oxygen atoms in total. The van der Waals surface area contributed by atoms with E-state index >= 15 is 0 Å². The van der Waals surface area contributed by atoms with E-state index in [1.54, 1.807) is 0 Å². The molecule has 1 aromatic carbocycles. The van der Waals surface area contributed by atoms with Crippen LogP contribution in [0, 0.1) is 12.7 Å². The Hall–Kier alpha value is -2.68. The van der Waals surface area contributed by atoms with Crippen molar-refractivity contribution in [3.8, 4) is 0 Å². The average Bonchev–Trinajstić information content (AvgIpc) is 2.68. The van der Waals surface area contributed by atoms with E-state index in [4.69, 9.17) is 11.6 Å². The van der Waals surface area contributed by atoms with E-state index in [-0.39, 0.29) is 48.0 Å². The molecule has 2 heterocycles. The zero-order valence-corrected chi connectivity index (χ0v) is 16.0. The van der Waals surface area contributed by atoms with Gasteiger partial charge in [0.25, 0.3) is 11.8 Å². The molecule has 0 N–H and O–H groups in total. The Morgan fingerprint density at radius 1 is 0.966 bits per heavy atom. The number of carbonyl (C=O) groups is 2. The fourth-order valence-electron chi connectivity index (χ4n) is 3.06. The summed E-state index contributed by atoms with van der Waals surface area (Å²) in [5.41, 5.74) is -1.17. The van der Waals surface area contributed by atoms with Gasteiger partial charge in [-0.1, -0.05) is 11.6 Å². The van der Waals surface area contributed by atoms with Crippen molar-refractivity contribution in [3.05, 3.63) is 63.7 Å². The van der Waals surface area contributed by atoms with E-state index in [1.165, 1.54) is 28.9 Å². The van der Waals surface area contributed by atoms with Gasteiger partial charge < -0.3 is 9.80 Å². The molecule has 3 rings (SSSR count). The van der Waals surface area contributed by atoms with Crippen LogP contribution in [0.15, 0.2) is 30.3 Å². The molecule has 0 spiro atoms. The van der Waals surface area contributed by atoms with Crippen molar-refractivity contribution in [3.63, 3.8) is 0 Å². The van der Waals surface area contributed by atoms with Crippen LogP contribution in [0.1, 0.15) is 32.1 Å². The molecule has 0 radical (unpaired) electrons. The first kappa shape index (κ1) is 21.0. The monoisotopic (exact) mass is 429 g/mol. The molecule has 0 saturated carbocycles. The number of benzene rings is 1. The van der Waals surface area contributed by atoms with E-state index in [9.17, 15) is 27.2 Å². The summed E-state index contributed by atoms with van der Waals surface area (Å²) in [5.74, 6) is -1.70. The van der Waals surface area contributed by atoms with E-state index in [1.807, 2.05) is 0 Å². The quantitative estimate of drug-likeness (QED) is 0.682. The third-order valence-electron chi connectivity index (χ3n) is 4.62. The number of halogens is 5. The average molecular weight is 430 g/mol. The number of aromatic nitrogens is 1. The van der Waals surface area contributed by atoms with Crippen molar-refractivity contribution in [2.45, 2.75) is 13.1 Å². The number of aryl methyl sites for hydroxylation is 1. The fourth-order valence-corrected chi connectivity index (χ4v) is 3.23. The van der Waals surface area contributed by atoms with Crippen LogP contribution in [0.4, 0.5) is 17.6 Å². The Morgan fingerprint density at radius 2 is 1.52 bits per heavy atom. The predicted octanol–water partition coefficient (Wildman–Crippen LogP) is 3.80. The number of alkyl halides is 3. The van der Waals surface area contributed by atoms with Gasteiger partial charge in [-0.15, -0.1) is 0 Å². The summed E-state index contributed by atoms with van der Waals surface area (Å²) >= 11 is 5.82. The van der Waals surface area contributed by atoms with E-state index in [2.05, 4.69) is 4.98 Å². The number of hydrogen-bond donors (Lipinski definition) is 0. The number of nitrogens with zero attached hydrogens (tertiary/aromatic N) is 3. The van der Waals surface area contributed by atoms with Gasteiger partial charge in [-0.25, -0.2) is 9.37 Å². The van der Waals surface area contributed by atoms with Gasteiger partial charge in [0.2, 0.25) is 0 Å². The molecule has 154 valence electrons. The number of carbonyl (C=O) groups excluding carboxylic acids is 2. The number of rotatable bonds is 2. The van der Waals surface area contributed by atoms with E-state index < -0.39 is 29.5 Å². The highest BCUT2D eigenvalue weighted by Gasteiger charge is 2.34. The van der Waals surface area contributed by atoms with Crippen LogP contribution >= 0.6 is 11.6 Å². The molecular formula is C19H16ClF4N3O2. The maximum absolute atomic E-state index is 13.9. The maximum atomic E-state index is 13.9. The molecule has 0 bridgehead atoms. The van der Waals surface area contributed by atoms with Gasteiger partial charge >= 0.3 is 6.18 Å². The Labute approximate surface area is 168 Å². The van der Waals surface area contributed by atoms with E-state index in [0.29, 0.717) is 0 Å². The second-order valence-corrected chi connectivity index (χ2v) is 6.97. The van der Waals surface area contributed by atoms with Crippen LogP contribution in [0.3, 0.4) is 0 Å². The van der Waals surface area contributed by atoms with Crippen molar-refractivity contribution >= 4 is 23.4 Å². The Bertz CT molecular complexity index is 957. The lowest BCUT2D eigenvalue weighted by atomic mass is 10.1. The van der Waals surface area contributed by atoms with Gasteiger partial charge in [-0.3, -0.25) is 9.59 Å². The summed E-state index contributed by atoms with van der Waals surface area (Å²) < 4.78 is 52.1. The zero-order valence-electron chi connectivity index (χ0n) is 15.3. The summed E-state index contributed by atoms with van der Waals surface area (Å²) in [7, 11) is 0. The third-order valence-corrected chi connectivity index (χ3v) is 4.85.